The van der Waals surface area contributed by atoms with Crippen molar-refractivity contribution in [1.29, 1.82) is 0 Å². The second kappa shape index (κ2) is 12.4. The van der Waals surface area contributed by atoms with Crippen molar-refractivity contribution < 1.29 is 83.6 Å². The maximum Gasteiger partial charge on any atom is 1.00 e. The van der Waals surface area contributed by atoms with Crippen molar-refractivity contribution in [1.82, 2.24) is 0 Å². The van der Waals surface area contributed by atoms with Gasteiger partial charge in [0, 0.05) is 20.1 Å². The number of benzene rings is 2. The monoisotopic (exact) mass is 827 g/mol. The molecule has 0 saturated carbocycles. The van der Waals surface area contributed by atoms with E-state index in [1.807, 2.05) is 0 Å². The van der Waals surface area contributed by atoms with E-state index in [4.69, 9.17) is 55.9 Å². The van der Waals surface area contributed by atoms with Crippen LogP contribution in [-0.2, 0) is 10.3 Å². The fraction of sp³-hybridized carbons (Fsp3) is 0.0500. The molecule has 2 aromatic rings. The van der Waals surface area contributed by atoms with Gasteiger partial charge in [0.2, 0.25) is 0 Å². The number of aromatic hydroxyl groups is 1. The summed E-state index contributed by atoms with van der Waals surface area (Å²) in [5.74, 6) is -1.47. The number of phenolic OH excluding ortho intramolecular Hbond substituents is 1. The van der Waals surface area contributed by atoms with Crippen LogP contribution in [-0.4, -0.2) is 11.1 Å². The van der Waals surface area contributed by atoms with Crippen LogP contribution in [0, 0.1) is 0 Å². The van der Waals surface area contributed by atoms with Crippen molar-refractivity contribution in [2.45, 2.75) is 5.60 Å². The summed E-state index contributed by atoms with van der Waals surface area (Å²) < 4.78 is 12.2. The van der Waals surface area contributed by atoms with Crippen LogP contribution in [0.5, 0.6) is 11.5 Å². The Hall–Kier alpha value is 1.61. The number of fused-ring (bicyclic) bond motifs is 4. The van der Waals surface area contributed by atoms with Crippen LogP contribution in [0.1, 0.15) is 21.5 Å². The number of rotatable bonds is 0. The maximum absolute atomic E-state index is 13.1. The number of esters is 1. The third-order valence-electron chi connectivity index (χ3n) is 4.82. The van der Waals surface area contributed by atoms with E-state index in [1.54, 1.807) is 0 Å². The van der Waals surface area contributed by atoms with Crippen LogP contribution in [0.4, 0.5) is 0 Å². The first kappa shape index (κ1) is 32.8. The molecule has 0 aliphatic carbocycles. The van der Waals surface area contributed by atoms with Crippen molar-refractivity contribution in [3.8, 4) is 11.5 Å². The number of ether oxygens (including phenoxy) is 2. The molecular weight excluding hydrogens is 828 g/mol. The number of hydrogen-bond donors (Lipinski definition) is 1. The van der Waals surface area contributed by atoms with E-state index in [1.165, 1.54) is 18.2 Å². The Kier molecular flexibility index (Phi) is 11.6. The van der Waals surface area contributed by atoms with Gasteiger partial charge in [-0.2, -0.15) is 0 Å². The molecule has 0 radical (unpaired) electrons. The fourth-order valence-corrected chi connectivity index (χ4v) is 6.55. The minimum Gasteiger partial charge on any atom is -0.871 e. The normalized spacial score (nSPS) is 21.6. The van der Waals surface area contributed by atoms with Crippen LogP contribution in [0.3, 0.4) is 0 Å². The molecular formula is C20H5Br4Cl4Na2O5+. The Morgan fingerprint density at radius 1 is 0.971 bits per heavy atom. The van der Waals surface area contributed by atoms with Crippen molar-refractivity contribution in [2.24, 2.45) is 0 Å². The Morgan fingerprint density at radius 3 is 2.20 bits per heavy atom. The topological polar surface area (TPSA) is 78.8 Å². The van der Waals surface area contributed by atoms with Crippen molar-refractivity contribution >= 4 is 116 Å². The molecule has 5 nitrogen and oxygen atoms in total. The van der Waals surface area contributed by atoms with Gasteiger partial charge in [0.15, 0.2) is 11.4 Å². The summed E-state index contributed by atoms with van der Waals surface area (Å²) in [7, 11) is 0. The van der Waals surface area contributed by atoms with Crippen LogP contribution >= 0.6 is 110 Å². The molecule has 0 fully saturated rings. The number of allylic oxidation sites excluding steroid dienone is 3. The van der Waals surface area contributed by atoms with Gasteiger partial charge in [-0.05, 0) is 66.0 Å². The summed E-state index contributed by atoms with van der Waals surface area (Å²) >= 11 is 38.4. The van der Waals surface area contributed by atoms with Gasteiger partial charge in [0.1, 0.15) is 16.5 Å². The molecule has 2 aliphatic heterocycles. The van der Waals surface area contributed by atoms with E-state index in [2.05, 4.69) is 63.7 Å². The second-order valence-corrected chi connectivity index (χ2v) is 11.5. The van der Waals surface area contributed by atoms with E-state index in [0.29, 0.717) is 0 Å². The molecule has 4 rings (SSSR count). The van der Waals surface area contributed by atoms with Gasteiger partial charge in [-0.1, -0.05) is 68.1 Å². The number of halogens is 8. The molecule has 15 heteroatoms. The second-order valence-electron chi connectivity index (χ2n) is 6.62. The first-order chi connectivity index (χ1) is 15.4. The van der Waals surface area contributed by atoms with Crippen LogP contribution in [0.25, 0.3) is 0 Å². The van der Waals surface area contributed by atoms with E-state index in [0.717, 1.165) is 6.26 Å². The molecule has 1 unspecified atom stereocenters. The number of hydrogen-bond acceptors (Lipinski definition) is 5. The Labute approximate surface area is 297 Å². The van der Waals surface area contributed by atoms with Gasteiger partial charge in [-0.25, -0.2) is 4.79 Å². The molecule has 172 valence electrons. The van der Waals surface area contributed by atoms with Crippen molar-refractivity contribution in [3.05, 3.63) is 84.9 Å². The molecule has 2 aliphatic rings. The molecule has 0 aromatic heterocycles. The largest absolute Gasteiger partial charge is 1.00 e. The summed E-state index contributed by atoms with van der Waals surface area (Å²) in [6.45, 7) is 0. The Morgan fingerprint density at radius 2 is 1.57 bits per heavy atom. The van der Waals surface area contributed by atoms with Gasteiger partial charge >= 0.3 is 65.1 Å². The van der Waals surface area contributed by atoms with E-state index in [-0.39, 0.29) is 125 Å². The molecule has 0 saturated heterocycles. The maximum atomic E-state index is 13.1. The summed E-state index contributed by atoms with van der Waals surface area (Å²) in [6.07, 6.45) is 3.96. The van der Waals surface area contributed by atoms with Crippen LogP contribution in [0.2, 0.25) is 20.1 Å². The van der Waals surface area contributed by atoms with Gasteiger partial charge in [0.05, 0.1) is 30.1 Å². The SMILES string of the molecule is O=C1OC2(/C=C/C(Br)=C(/[O-])C(Br)=COc3c2cc(Br)c(O)c3Br)c2c(Cl)c(Cl)c(Cl)c(Cl)c21.[Na+].[Na+]. The summed E-state index contributed by atoms with van der Waals surface area (Å²) in [6, 6.07) is 1.48. The van der Waals surface area contributed by atoms with Gasteiger partial charge in [-0.15, -0.1) is 0 Å². The Balaban J connectivity index is 0.00000216. The molecule has 1 N–H and O–H groups in total. The van der Waals surface area contributed by atoms with Crippen molar-refractivity contribution in [2.75, 3.05) is 0 Å². The summed E-state index contributed by atoms with van der Waals surface area (Å²) in [5, 5.41) is 22.7. The molecule has 2 heterocycles. The van der Waals surface area contributed by atoms with E-state index >= 15 is 0 Å². The molecule has 1 spiro atoms. The predicted molar refractivity (Wildman–Crippen MR) is 139 cm³/mol. The van der Waals surface area contributed by atoms with Crippen LogP contribution in [0.15, 0.2) is 48.1 Å². The fourth-order valence-electron chi connectivity index (χ4n) is 3.34. The van der Waals surface area contributed by atoms with Gasteiger partial charge < -0.3 is 19.7 Å². The quantitative estimate of drug-likeness (QED) is 0.191. The van der Waals surface area contributed by atoms with Crippen LogP contribution < -0.4 is 69.0 Å². The average Bonchev–Trinajstić information content (AvgIpc) is 3.09. The standard InChI is InChI=1S/C20H6Br4Cl4O5.2Na/c21-6-1-2-20(10-9(19(31)33-20)12(25)14(27)15(28)13(10)26)5-3-7(22)17(30)11(24)18(5)32-4-8(23)16(6)29;;/h1-4,29-30H;;/q;2*+1/p-1/b2-1+,8-4?,16-6-;;. The van der Waals surface area contributed by atoms with Gasteiger partial charge in [0.25, 0.3) is 0 Å². The molecule has 35 heavy (non-hydrogen) atoms. The van der Waals surface area contributed by atoms with Crippen molar-refractivity contribution in [3.63, 3.8) is 0 Å². The smallest absolute Gasteiger partial charge is 0.871 e. The predicted octanol–water partition coefficient (Wildman–Crippen LogP) is 2.10. The molecule has 0 bridgehead atoms. The third kappa shape index (κ3) is 5.49. The number of phenols is 1. The zero-order valence-electron chi connectivity index (χ0n) is 17.4. The minimum absolute atomic E-state index is 0. The van der Waals surface area contributed by atoms with E-state index < -0.39 is 17.3 Å². The van der Waals surface area contributed by atoms with Gasteiger partial charge in [-0.3, -0.25) is 0 Å². The Bertz CT molecular complexity index is 1370. The summed E-state index contributed by atoms with van der Waals surface area (Å²) in [4.78, 5) is 13.1. The minimum atomic E-state index is -1.77. The molecule has 0 amide bonds. The molecule has 1 atom stereocenters. The first-order valence-corrected chi connectivity index (χ1v) is 13.2. The number of carbonyl (C=O) groups is 1. The summed E-state index contributed by atoms with van der Waals surface area (Å²) in [5.41, 5.74) is -1.55. The van der Waals surface area contributed by atoms with E-state index in [9.17, 15) is 15.0 Å². The average molecular weight is 833 g/mol. The molecule has 2 aromatic carbocycles. The zero-order valence-corrected chi connectivity index (χ0v) is 30.8. The number of carbonyl (C=O) groups excluding carboxylic acids is 1. The third-order valence-corrected chi connectivity index (χ3v) is 9.14. The first-order valence-electron chi connectivity index (χ1n) is 8.52. The zero-order chi connectivity index (χ0) is 24.4.